The summed E-state index contributed by atoms with van der Waals surface area (Å²) >= 11 is 0. The van der Waals surface area contributed by atoms with Crippen molar-refractivity contribution in [2.24, 2.45) is 0 Å². The van der Waals surface area contributed by atoms with Crippen LogP contribution in [-0.2, 0) is 12.8 Å². The van der Waals surface area contributed by atoms with Gasteiger partial charge < -0.3 is 10.6 Å². The summed E-state index contributed by atoms with van der Waals surface area (Å²) in [5.74, 6) is -1.35. The summed E-state index contributed by atoms with van der Waals surface area (Å²) in [5, 5.41) is 12.8. The highest BCUT2D eigenvalue weighted by Gasteiger charge is 2.22. The normalized spacial score (nSPS) is 15.4. The lowest BCUT2D eigenvalue weighted by Gasteiger charge is -2.23. The van der Waals surface area contributed by atoms with Crippen molar-refractivity contribution >= 4 is 17.5 Å². The van der Waals surface area contributed by atoms with E-state index in [0.29, 0.717) is 11.3 Å². The van der Waals surface area contributed by atoms with Crippen LogP contribution in [0.3, 0.4) is 0 Å². The highest BCUT2D eigenvalue weighted by Crippen LogP contribution is 2.21. The highest BCUT2D eigenvalue weighted by atomic mass is 19.1. The molecule has 0 radical (unpaired) electrons. The first kappa shape index (κ1) is 18.9. The number of anilines is 1. The summed E-state index contributed by atoms with van der Waals surface area (Å²) in [5.41, 5.74) is 3.92. The molecule has 0 fully saturated rings. The molecule has 1 atom stereocenters. The van der Waals surface area contributed by atoms with Gasteiger partial charge in [0.05, 0.1) is 11.8 Å². The molecule has 0 bridgehead atoms. The molecule has 7 heteroatoms. The van der Waals surface area contributed by atoms with Gasteiger partial charge in [0.2, 0.25) is 0 Å². The fourth-order valence-electron chi connectivity index (χ4n) is 3.54. The second-order valence-corrected chi connectivity index (χ2v) is 7.25. The second-order valence-electron chi connectivity index (χ2n) is 7.25. The smallest absolute Gasteiger partial charge is 0.258 e. The maximum atomic E-state index is 13.9. The van der Waals surface area contributed by atoms with E-state index in [1.807, 2.05) is 6.92 Å². The maximum Gasteiger partial charge on any atom is 0.258 e. The van der Waals surface area contributed by atoms with Crippen molar-refractivity contribution in [3.63, 3.8) is 0 Å². The van der Waals surface area contributed by atoms with Gasteiger partial charge in [0.25, 0.3) is 11.8 Å². The van der Waals surface area contributed by atoms with E-state index < -0.39 is 11.7 Å². The lowest BCUT2D eigenvalue weighted by Crippen LogP contribution is -2.38. The number of H-pyrrole nitrogens is 1. The largest absolute Gasteiger partial charge is 0.349 e. The lowest BCUT2D eigenvalue weighted by molar-refractivity contribution is 0.0932. The Kier molecular flexibility index (Phi) is 5.12. The van der Waals surface area contributed by atoms with E-state index in [1.165, 1.54) is 18.2 Å². The van der Waals surface area contributed by atoms with Crippen molar-refractivity contribution in [1.29, 1.82) is 0 Å². The fourth-order valence-corrected chi connectivity index (χ4v) is 3.54. The number of fused-ring (bicyclic) bond motifs is 1. The lowest BCUT2D eigenvalue weighted by atomic mass is 9.93. The first-order valence-corrected chi connectivity index (χ1v) is 9.50. The van der Waals surface area contributed by atoms with Gasteiger partial charge in [-0.05, 0) is 61.6 Å². The Morgan fingerprint density at radius 3 is 2.83 bits per heavy atom. The molecule has 0 saturated heterocycles. The van der Waals surface area contributed by atoms with Crippen molar-refractivity contribution in [3.8, 4) is 0 Å². The van der Waals surface area contributed by atoms with Crippen LogP contribution < -0.4 is 10.6 Å². The number of benzene rings is 2. The Bertz CT molecular complexity index is 1080. The quantitative estimate of drug-likeness (QED) is 0.636. The predicted octanol–water partition coefficient (Wildman–Crippen LogP) is 3.40. The number of halogens is 1. The number of nitrogens with zero attached hydrogens (tertiary/aromatic N) is 1. The standard InChI is InChI=1S/C22H21FN4O2/c1-13-6-7-14(11-20(13)26-22(29)17-4-2-3-5-18(17)23)21(28)25-16-8-9-19-15(10-16)12-24-27-19/h2-7,11-12,16H,8-10H2,1H3,(H,24,27)(H,25,28)(H,26,29). The number of hydrogen-bond donors (Lipinski definition) is 3. The Labute approximate surface area is 167 Å². The van der Waals surface area contributed by atoms with Gasteiger partial charge in [-0.1, -0.05) is 18.2 Å². The summed E-state index contributed by atoms with van der Waals surface area (Å²) in [6, 6.07) is 10.9. The number of rotatable bonds is 4. The molecule has 148 valence electrons. The van der Waals surface area contributed by atoms with Crippen LogP contribution >= 0.6 is 0 Å². The van der Waals surface area contributed by atoms with Gasteiger partial charge in [-0.25, -0.2) is 4.39 Å². The minimum absolute atomic E-state index is 0.0327. The summed E-state index contributed by atoms with van der Waals surface area (Å²) in [7, 11) is 0. The van der Waals surface area contributed by atoms with Crippen LogP contribution in [-0.4, -0.2) is 28.1 Å². The monoisotopic (exact) mass is 392 g/mol. The zero-order chi connectivity index (χ0) is 20.4. The molecule has 3 N–H and O–H groups in total. The van der Waals surface area contributed by atoms with Crippen molar-refractivity contribution < 1.29 is 14.0 Å². The third-order valence-electron chi connectivity index (χ3n) is 5.22. The van der Waals surface area contributed by atoms with Crippen molar-refractivity contribution in [1.82, 2.24) is 15.5 Å². The van der Waals surface area contributed by atoms with E-state index >= 15 is 0 Å². The van der Waals surface area contributed by atoms with Crippen molar-refractivity contribution in [2.45, 2.75) is 32.2 Å². The first-order valence-electron chi connectivity index (χ1n) is 9.50. The Hall–Kier alpha value is -3.48. The number of aromatic nitrogens is 2. The van der Waals surface area contributed by atoms with Crippen molar-refractivity contribution in [2.75, 3.05) is 5.32 Å². The number of carbonyl (C=O) groups excluding carboxylic acids is 2. The highest BCUT2D eigenvalue weighted by molar-refractivity contribution is 6.05. The molecule has 2 amide bonds. The Balaban J connectivity index is 1.47. The molecule has 0 saturated carbocycles. The van der Waals surface area contributed by atoms with Gasteiger partial charge in [-0.2, -0.15) is 5.10 Å². The minimum atomic E-state index is -0.590. The van der Waals surface area contributed by atoms with E-state index in [-0.39, 0.29) is 17.5 Å². The van der Waals surface area contributed by atoms with E-state index in [1.54, 1.807) is 30.5 Å². The van der Waals surface area contributed by atoms with E-state index in [9.17, 15) is 14.0 Å². The molecule has 1 heterocycles. The van der Waals surface area contributed by atoms with Crippen LogP contribution in [0.5, 0.6) is 0 Å². The number of amides is 2. The average molecular weight is 392 g/mol. The number of aryl methyl sites for hydroxylation is 2. The fraction of sp³-hybridized carbons (Fsp3) is 0.227. The molecule has 1 unspecified atom stereocenters. The van der Waals surface area contributed by atoms with Gasteiger partial charge >= 0.3 is 0 Å². The number of nitrogens with one attached hydrogen (secondary N) is 3. The number of hydrogen-bond acceptors (Lipinski definition) is 3. The number of carbonyl (C=O) groups is 2. The van der Waals surface area contributed by atoms with Crippen LogP contribution in [0.1, 0.15) is 44.0 Å². The molecule has 1 aliphatic carbocycles. The molecule has 1 aliphatic rings. The topological polar surface area (TPSA) is 86.9 Å². The molecule has 1 aromatic heterocycles. The minimum Gasteiger partial charge on any atom is -0.349 e. The van der Waals surface area contributed by atoms with Gasteiger partial charge in [0, 0.05) is 23.0 Å². The third kappa shape index (κ3) is 4.03. The van der Waals surface area contributed by atoms with E-state index in [0.717, 1.165) is 36.1 Å². The third-order valence-corrected chi connectivity index (χ3v) is 5.22. The van der Waals surface area contributed by atoms with Crippen molar-refractivity contribution in [3.05, 3.63) is 82.4 Å². The zero-order valence-corrected chi connectivity index (χ0v) is 16.0. The molecule has 0 spiro atoms. The maximum absolute atomic E-state index is 13.9. The van der Waals surface area contributed by atoms with Crippen LogP contribution in [0.25, 0.3) is 0 Å². The van der Waals surface area contributed by atoms with E-state index in [2.05, 4.69) is 20.8 Å². The summed E-state index contributed by atoms with van der Waals surface area (Å²) in [4.78, 5) is 25.1. The average Bonchev–Trinajstić information content (AvgIpc) is 3.17. The predicted molar refractivity (Wildman–Crippen MR) is 107 cm³/mol. The molecule has 29 heavy (non-hydrogen) atoms. The zero-order valence-electron chi connectivity index (χ0n) is 16.0. The SMILES string of the molecule is Cc1ccc(C(=O)NC2CCc3[nH]ncc3C2)cc1NC(=O)c1ccccc1F. The van der Waals surface area contributed by atoms with Gasteiger partial charge in [0.15, 0.2) is 0 Å². The molecular weight excluding hydrogens is 371 g/mol. The first-order chi connectivity index (χ1) is 14.0. The molecular formula is C22H21FN4O2. The molecule has 3 aromatic rings. The summed E-state index contributed by atoms with van der Waals surface area (Å²) < 4.78 is 13.9. The second kappa shape index (κ2) is 7.87. The van der Waals surface area contributed by atoms with Gasteiger partial charge in [-0.3, -0.25) is 14.7 Å². The molecule has 2 aromatic carbocycles. The van der Waals surface area contributed by atoms with Gasteiger partial charge in [-0.15, -0.1) is 0 Å². The molecule has 0 aliphatic heterocycles. The van der Waals surface area contributed by atoms with Crippen LogP contribution in [0.2, 0.25) is 0 Å². The van der Waals surface area contributed by atoms with E-state index in [4.69, 9.17) is 0 Å². The van der Waals surface area contributed by atoms with Crippen LogP contribution in [0.4, 0.5) is 10.1 Å². The molecule has 6 nitrogen and oxygen atoms in total. The molecule has 4 rings (SSSR count). The summed E-state index contributed by atoms with van der Waals surface area (Å²) in [6.45, 7) is 1.82. The Morgan fingerprint density at radius 1 is 1.17 bits per heavy atom. The Morgan fingerprint density at radius 2 is 2.00 bits per heavy atom. The van der Waals surface area contributed by atoms with Crippen LogP contribution in [0.15, 0.2) is 48.7 Å². The van der Waals surface area contributed by atoms with Gasteiger partial charge in [0.1, 0.15) is 5.82 Å². The summed E-state index contributed by atoms with van der Waals surface area (Å²) in [6.07, 6.45) is 4.22. The van der Waals surface area contributed by atoms with Crippen LogP contribution in [0, 0.1) is 12.7 Å². The number of aromatic amines is 1.